The number of carbonyl (C=O) groups excluding carboxylic acids is 3. The largest absolute Gasteiger partial charge is 0.469 e. The van der Waals surface area contributed by atoms with E-state index in [0.29, 0.717) is 29.9 Å². The second kappa shape index (κ2) is 10.4. The van der Waals surface area contributed by atoms with E-state index in [1.165, 1.54) is 7.11 Å². The van der Waals surface area contributed by atoms with Crippen LogP contribution in [-0.2, 0) is 14.3 Å². The number of para-hydroxylation sites is 1. The Morgan fingerprint density at radius 3 is 2.32 bits per heavy atom. The number of esters is 1. The first kappa shape index (κ1) is 21.3. The van der Waals surface area contributed by atoms with Crippen molar-refractivity contribution in [2.75, 3.05) is 32.1 Å². The lowest BCUT2D eigenvalue weighted by molar-refractivity contribution is -0.145. The fourth-order valence-corrected chi connectivity index (χ4v) is 2.90. The average Bonchev–Trinajstić information content (AvgIpc) is 2.73. The molecule has 1 atom stereocenters. The molecule has 0 saturated carbocycles. The molecule has 0 radical (unpaired) electrons. The van der Waals surface area contributed by atoms with Crippen LogP contribution in [0, 0.1) is 5.92 Å². The van der Waals surface area contributed by atoms with Crippen LogP contribution in [0.15, 0.2) is 54.6 Å². The third-order valence-corrected chi connectivity index (χ3v) is 4.43. The molecule has 0 spiro atoms. The van der Waals surface area contributed by atoms with Crippen molar-refractivity contribution in [3.8, 4) is 0 Å². The summed E-state index contributed by atoms with van der Waals surface area (Å²) in [5, 5.41) is 2.82. The maximum atomic E-state index is 12.8. The van der Waals surface area contributed by atoms with E-state index in [0.717, 1.165) is 0 Å². The van der Waals surface area contributed by atoms with Gasteiger partial charge >= 0.3 is 5.97 Å². The number of nitrogens with one attached hydrogen (secondary N) is 1. The molecule has 2 aromatic rings. The Morgan fingerprint density at radius 1 is 1.04 bits per heavy atom. The van der Waals surface area contributed by atoms with Crippen molar-refractivity contribution in [2.24, 2.45) is 5.92 Å². The van der Waals surface area contributed by atoms with Gasteiger partial charge < -0.3 is 10.1 Å². The van der Waals surface area contributed by atoms with E-state index in [2.05, 4.69) is 5.32 Å². The molecule has 2 rings (SSSR count). The molecule has 0 aliphatic carbocycles. The van der Waals surface area contributed by atoms with Gasteiger partial charge in [-0.15, -0.1) is 0 Å². The third-order valence-electron chi connectivity index (χ3n) is 4.43. The summed E-state index contributed by atoms with van der Waals surface area (Å²) in [6.45, 7) is 4.83. The van der Waals surface area contributed by atoms with E-state index in [4.69, 9.17) is 4.74 Å². The molecule has 0 aliphatic heterocycles. The number of anilines is 1. The lowest BCUT2D eigenvalue weighted by Gasteiger charge is -2.22. The fraction of sp³-hybridized carbons (Fsp3) is 0.318. The van der Waals surface area contributed by atoms with Crippen LogP contribution in [0.25, 0.3) is 0 Å². The smallest absolute Gasteiger partial charge is 0.309 e. The summed E-state index contributed by atoms with van der Waals surface area (Å²) < 4.78 is 4.74. The van der Waals surface area contributed by atoms with E-state index in [1.54, 1.807) is 55.5 Å². The van der Waals surface area contributed by atoms with Gasteiger partial charge in [0.25, 0.3) is 0 Å². The number of ketones is 1. The normalized spacial score (nSPS) is 11.7. The number of hydrogen-bond acceptors (Lipinski definition) is 5. The summed E-state index contributed by atoms with van der Waals surface area (Å²) in [4.78, 5) is 38.8. The Kier molecular flexibility index (Phi) is 7.89. The highest BCUT2D eigenvalue weighted by atomic mass is 16.5. The number of amides is 1. The van der Waals surface area contributed by atoms with Crippen molar-refractivity contribution in [1.82, 2.24) is 4.90 Å². The number of hydrogen-bond donors (Lipinski definition) is 1. The van der Waals surface area contributed by atoms with Crippen molar-refractivity contribution in [3.63, 3.8) is 0 Å². The molecule has 1 unspecified atom stereocenters. The van der Waals surface area contributed by atoms with Gasteiger partial charge in [-0.05, 0) is 18.7 Å². The second-order valence-corrected chi connectivity index (χ2v) is 6.54. The van der Waals surface area contributed by atoms with Crippen LogP contribution in [0.3, 0.4) is 0 Å². The topological polar surface area (TPSA) is 75.7 Å². The highest BCUT2D eigenvalue weighted by Crippen LogP contribution is 2.19. The number of ether oxygens (including phenoxy) is 1. The molecule has 0 saturated heterocycles. The van der Waals surface area contributed by atoms with Gasteiger partial charge in [0.15, 0.2) is 5.78 Å². The molecule has 28 heavy (non-hydrogen) atoms. The first-order chi connectivity index (χ1) is 13.5. The molecule has 1 amide bonds. The Morgan fingerprint density at radius 2 is 1.68 bits per heavy atom. The van der Waals surface area contributed by atoms with Gasteiger partial charge in [0.2, 0.25) is 5.91 Å². The molecule has 148 valence electrons. The Hall–Kier alpha value is -2.99. The predicted molar refractivity (Wildman–Crippen MR) is 108 cm³/mol. The standard InChI is InChI=1S/C22H26N2O4/c1-4-24(14-16(2)22(27)28-3)15-20(25)23-19-13-9-8-12-18(19)21(26)17-10-6-5-7-11-17/h5-13,16H,4,14-15H2,1-3H3,(H,23,25). The monoisotopic (exact) mass is 382 g/mol. The van der Waals surface area contributed by atoms with Gasteiger partial charge in [-0.2, -0.15) is 0 Å². The predicted octanol–water partition coefficient (Wildman–Crippen LogP) is 2.99. The number of carbonyl (C=O) groups is 3. The van der Waals surface area contributed by atoms with Crippen molar-refractivity contribution < 1.29 is 19.1 Å². The zero-order chi connectivity index (χ0) is 20.5. The molecule has 0 fully saturated rings. The number of benzene rings is 2. The summed E-state index contributed by atoms with van der Waals surface area (Å²) in [6.07, 6.45) is 0. The molecule has 0 aliphatic rings. The highest BCUT2D eigenvalue weighted by molar-refractivity contribution is 6.13. The van der Waals surface area contributed by atoms with Gasteiger partial charge in [-0.25, -0.2) is 0 Å². The summed E-state index contributed by atoms with van der Waals surface area (Å²) in [7, 11) is 1.35. The number of likely N-dealkylation sites (N-methyl/N-ethyl adjacent to an activating group) is 1. The van der Waals surface area contributed by atoms with E-state index >= 15 is 0 Å². The minimum Gasteiger partial charge on any atom is -0.469 e. The van der Waals surface area contributed by atoms with Crippen LogP contribution in [0.4, 0.5) is 5.69 Å². The first-order valence-corrected chi connectivity index (χ1v) is 9.25. The van der Waals surface area contributed by atoms with Gasteiger partial charge in [0.1, 0.15) is 0 Å². The van der Waals surface area contributed by atoms with Gasteiger partial charge in [0, 0.05) is 17.7 Å². The average molecular weight is 382 g/mol. The van der Waals surface area contributed by atoms with Crippen LogP contribution in [0.2, 0.25) is 0 Å². The summed E-state index contributed by atoms with van der Waals surface area (Å²) in [6, 6.07) is 15.9. The lowest BCUT2D eigenvalue weighted by Crippen LogP contribution is -2.38. The zero-order valence-corrected chi connectivity index (χ0v) is 16.5. The van der Waals surface area contributed by atoms with E-state index < -0.39 is 0 Å². The molecule has 6 nitrogen and oxygen atoms in total. The minimum absolute atomic E-state index is 0.117. The Bertz CT molecular complexity index is 820. The molecule has 0 aromatic heterocycles. The number of nitrogens with zero attached hydrogens (tertiary/aromatic N) is 1. The van der Waals surface area contributed by atoms with Crippen molar-refractivity contribution >= 4 is 23.3 Å². The fourth-order valence-electron chi connectivity index (χ4n) is 2.90. The van der Waals surface area contributed by atoms with Crippen LogP contribution < -0.4 is 5.32 Å². The van der Waals surface area contributed by atoms with Crippen LogP contribution in [0.5, 0.6) is 0 Å². The van der Waals surface area contributed by atoms with Gasteiger partial charge in [-0.1, -0.05) is 56.3 Å². The van der Waals surface area contributed by atoms with Crippen LogP contribution in [0.1, 0.15) is 29.8 Å². The maximum Gasteiger partial charge on any atom is 0.309 e. The van der Waals surface area contributed by atoms with Gasteiger partial charge in [0.05, 0.1) is 25.3 Å². The summed E-state index contributed by atoms with van der Waals surface area (Å²) in [5.41, 5.74) is 1.47. The van der Waals surface area contributed by atoms with Crippen LogP contribution >= 0.6 is 0 Å². The van der Waals surface area contributed by atoms with E-state index in [9.17, 15) is 14.4 Å². The highest BCUT2D eigenvalue weighted by Gasteiger charge is 2.20. The summed E-state index contributed by atoms with van der Waals surface area (Å²) >= 11 is 0. The molecule has 1 N–H and O–H groups in total. The van der Waals surface area contributed by atoms with Crippen molar-refractivity contribution in [1.29, 1.82) is 0 Å². The van der Waals surface area contributed by atoms with E-state index in [1.807, 2.05) is 17.9 Å². The lowest BCUT2D eigenvalue weighted by atomic mass is 10.0. The Labute approximate surface area is 165 Å². The minimum atomic E-state index is -0.329. The SMILES string of the molecule is CCN(CC(=O)Nc1ccccc1C(=O)c1ccccc1)CC(C)C(=O)OC. The molecular weight excluding hydrogens is 356 g/mol. The molecule has 0 heterocycles. The number of methoxy groups -OCH3 is 1. The number of rotatable bonds is 9. The quantitative estimate of drug-likeness (QED) is 0.533. The maximum absolute atomic E-state index is 12.8. The molecular formula is C22H26N2O4. The third kappa shape index (κ3) is 5.76. The van der Waals surface area contributed by atoms with Crippen molar-refractivity contribution in [3.05, 3.63) is 65.7 Å². The molecule has 6 heteroatoms. The zero-order valence-electron chi connectivity index (χ0n) is 16.5. The second-order valence-electron chi connectivity index (χ2n) is 6.54. The molecule has 2 aromatic carbocycles. The Balaban J connectivity index is 2.08. The van der Waals surface area contributed by atoms with E-state index in [-0.39, 0.29) is 30.1 Å². The first-order valence-electron chi connectivity index (χ1n) is 9.25. The summed E-state index contributed by atoms with van der Waals surface area (Å²) in [5.74, 6) is -1.03. The van der Waals surface area contributed by atoms with Gasteiger partial charge in [-0.3, -0.25) is 19.3 Å². The molecule has 0 bridgehead atoms. The van der Waals surface area contributed by atoms with Crippen LogP contribution in [-0.4, -0.2) is 49.3 Å². The van der Waals surface area contributed by atoms with Crippen molar-refractivity contribution in [2.45, 2.75) is 13.8 Å².